The van der Waals surface area contributed by atoms with Gasteiger partial charge in [-0.25, -0.2) is 0 Å². The van der Waals surface area contributed by atoms with Crippen LogP contribution in [0.4, 0.5) is 0 Å². The van der Waals surface area contributed by atoms with Crippen LogP contribution in [0.1, 0.15) is 23.1 Å². The maximum Gasteiger partial charge on any atom is -0.0242 e. The highest BCUT2D eigenvalue weighted by Crippen LogP contribution is 2.12. The van der Waals surface area contributed by atoms with Crippen LogP contribution < -0.4 is 0 Å². The van der Waals surface area contributed by atoms with Crippen molar-refractivity contribution in [3.8, 4) is 0 Å². The summed E-state index contributed by atoms with van der Waals surface area (Å²) < 4.78 is 0. The summed E-state index contributed by atoms with van der Waals surface area (Å²) in [6.45, 7) is 8.02. The monoisotopic (exact) mass is 160 g/mol. The molecule has 0 aliphatic carbocycles. The van der Waals surface area contributed by atoms with Gasteiger partial charge >= 0.3 is 0 Å². The third-order valence-electron chi connectivity index (χ3n) is 2.12. The van der Waals surface area contributed by atoms with Gasteiger partial charge in [0.1, 0.15) is 0 Å². The molecule has 1 aromatic rings. The minimum absolute atomic E-state index is 1.07. The molecule has 0 spiro atoms. The molecule has 0 aliphatic heterocycles. The molecular formula is C12H16. The summed E-state index contributed by atoms with van der Waals surface area (Å²) in [5.41, 5.74) is 4.19. The Morgan fingerprint density at radius 3 is 2.67 bits per heavy atom. The van der Waals surface area contributed by atoms with Crippen LogP contribution in [-0.2, 0) is 6.42 Å². The molecule has 0 radical (unpaired) electrons. The smallest absolute Gasteiger partial charge is 0.0242 e. The van der Waals surface area contributed by atoms with Gasteiger partial charge in [-0.05, 0) is 37.8 Å². The van der Waals surface area contributed by atoms with Gasteiger partial charge in [0.05, 0.1) is 0 Å². The van der Waals surface area contributed by atoms with Crippen LogP contribution >= 0.6 is 0 Å². The standard InChI is InChI=1S/C12H16/c1-4-5-6-12-8-7-10(2)9-11(12)3/h4,7-9H,1,5-6H2,2-3H3. The van der Waals surface area contributed by atoms with Crippen molar-refractivity contribution in [3.05, 3.63) is 47.5 Å². The van der Waals surface area contributed by atoms with E-state index < -0.39 is 0 Å². The summed E-state index contributed by atoms with van der Waals surface area (Å²) >= 11 is 0. The Labute approximate surface area is 74.9 Å². The molecule has 0 nitrogen and oxygen atoms in total. The van der Waals surface area contributed by atoms with E-state index in [4.69, 9.17) is 0 Å². The van der Waals surface area contributed by atoms with Gasteiger partial charge in [0.2, 0.25) is 0 Å². The molecule has 0 unspecified atom stereocenters. The van der Waals surface area contributed by atoms with E-state index in [1.165, 1.54) is 16.7 Å². The highest BCUT2D eigenvalue weighted by molar-refractivity contribution is 5.30. The molecule has 0 heterocycles. The normalized spacial score (nSPS) is 9.83. The Hall–Kier alpha value is -1.04. The van der Waals surface area contributed by atoms with Crippen molar-refractivity contribution in [3.63, 3.8) is 0 Å². The minimum atomic E-state index is 1.07. The van der Waals surface area contributed by atoms with Gasteiger partial charge in [-0.15, -0.1) is 6.58 Å². The van der Waals surface area contributed by atoms with Crippen LogP contribution in [0.3, 0.4) is 0 Å². The van der Waals surface area contributed by atoms with E-state index in [9.17, 15) is 0 Å². The quantitative estimate of drug-likeness (QED) is 0.594. The summed E-state index contributed by atoms with van der Waals surface area (Å²) in [4.78, 5) is 0. The van der Waals surface area contributed by atoms with Crippen molar-refractivity contribution in [2.45, 2.75) is 26.7 Å². The third-order valence-corrected chi connectivity index (χ3v) is 2.12. The van der Waals surface area contributed by atoms with E-state index in [1.807, 2.05) is 6.08 Å². The van der Waals surface area contributed by atoms with Crippen LogP contribution in [-0.4, -0.2) is 0 Å². The molecule has 1 rings (SSSR count). The first kappa shape index (κ1) is 9.05. The number of rotatable bonds is 3. The molecule has 0 saturated carbocycles. The summed E-state index contributed by atoms with van der Waals surface area (Å²) in [7, 11) is 0. The first-order chi connectivity index (χ1) is 5.74. The first-order valence-corrected chi connectivity index (χ1v) is 4.41. The highest BCUT2D eigenvalue weighted by atomic mass is 14.0. The molecule has 0 saturated heterocycles. The molecule has 12 heavy (non-hydrogen) atoms. The lowest BCUT2D eigenvalue weighted by atomic mass is 10.0. The van der Waals surface area contributed by atoms with E-state index in [-0.39, 0.29) is 0 Å². The maximum atomic E-state index is 3.72. The van der Waals surface area contributed by atoms with Crippen molar-refractivity contribution < 1.29 is 0 Å². The van der Waals surface area contributed by atoms with Crippen LogP contribution in [0.15, 0.2) is 30.9 Å². The lowest BCUT2D eigenvalue weighted by Crippen LogP contribution is -1.88. The second-order valence-electron chi connectivity index (χ2n) is 3.26. The molecule has 0 N–H and O–H groups in total. The van der Waals surface area contributed by atoms with E-state index in [1.54, 1.807) is 0 Å². The van der Waals surface area contributed by atoms with Crippen molar-refractivity contribution in [2.24, 2.45) is 0 Å². The average Bonchev–Trinajstić information content (AvgIpc) is 2.03. The van der Waals surface area contributed by atoms with Crippen molar-refractivity contribution >= 4 is 0 Å². The fraction of sp³-hybridized carbons (Fsp3) is 0.333. The molecule has 0 aliphatic rings. The highest BCUT2D eigenvalue weighted by Gasteiger charge is 1.96. The topological polar surface area (TPSA) is 0 Å². The van der Waals surface area contributed by atoms with E-state index in [2.05, 4.69) is 38.6 Å². The predicted octanol–water partition coefficient (Wildman–Crippen LogP) is 3.42. The third kappa shape index (κ3) is 2.23. The van der Waals surface area contributed by atoms with Crippen LogP contribution in [0.2, 0.25) is 0 Å². The van der Waals surface area contributed by atoms with E-state index >= 15 is 0 Å². The van der Waals surface area contributed by atoms with Gasteiger partial charge in [-0.2, -0.15) is 0 Å². The molecular weight excluding hydrogens is 144 g/mol. The lowest BCUT2D eigenvalue weighted by Gasteiger charge is -2.04. The fourth-order valence-corrected chi connectivity index (χ4v) is 1.38. The largest absolute Gasteiger partial charge is 0.103 e. The first-order valence-electron chi connectivity index (χ1n) is 4.41. The number of hydrogen-bond donors (Lipinski definition) is 0. The number of hydrogen-bond acceptors (Lipinski definition) is 0. The fourth-order valence-electron chi connectivity index (χ4n) is 1.38. The van der Waals surface area contributed by atoms with Gasteiger partial charge in [-0.3, -0.25) is 0 Å². The van der Waals surface area contributed by atoms with Gasteiger partial charge in [0.25, 0.3) is 0 Å². The summed E-state index contributed by atoms with van der Waals surface area (Å²) in [6, 6.07) is 6.62. The second-order valence-corrected chi connectivity index (χ2v) is 3.26. The van der Waals surface area contributed by atoms with Gasteiger partial charge in [-0.1, -0.05) is 29.8 Å². The summed E-state index contributed by atoms with van der Waals surface area (Å²) in [5, 5.41) is 0. The van der Waals surface area contributed by atoms with Gasteiger partial charge in [0.15, 0.2) is 0 Å². The Kier molecular flexibility index (Phi) is 3.09. The number of benzene rings is 1. The van der Waals surface area contributed by atoms with Crippen LogP contribution in [0, 0.1) is 13.8 Å². The van der Waals surface area contributed by atoms with Crippen molar-refractivity contribution in [2.75, 3.05) is 0 Å². The molecule has 0 fully saturated rings. The Morgan fingerprint density at radius 2 is 2.08 bits per heavy atom. The number of allylic oxidation sites excluding steroid dienone is 1. The van der Waals surface area contributed by atoms with E-state index in [0.29, 0.717) is 0 Å². The van der Waals surface area contributed by atoms with Crippen molar-refractivity contribution in [1.82, 2.24) is 0 Å². The Bertz CT molecular complexity index is 271. The second kappa shape index (κ2) is 4.10. The summed E-state index contributed by atoms with van der Waals surface area (Å²) in [6.07, 6.45) is 4.17. The van der Waals surface area contributed by atoms with Gasteiger partial charge < -0.3 is 0 Å². The van der Waals surface area contributed by atoms with Crippen LogP contribution in [0.25, 0.3) is 0 Å². The van der Waals surface area contributed by atoms with E-state index in [0.717, 1.165) is 12.8 Å². The molecule has 0 amide bonds. The zero-order valence-corrected chi connectivity index (χ0v) is 7.93. The molecule has 0 bridgehead atoms. The average molecular weight is 160 g/mol. The number of aryl methyl sites for hydroxylation is 3. The molecule has 1 aromatic carbocycles. The predicted molar refractivity (Wildman–Crippen MR) is 54.4 cm³/mol. The zero-order chi connectivity index (χ0) is 8.97. The summed E-state index contributed by atoms with van der Waals surface area (Å²) in [5.74, 6) is 0. The molecule has 0 atom stereocenters. The SMILES string of the molecule is C=CCCc1ccc(C)cc1C. The maximum absolute atomic E-state index is 3.72. The molecule has 0 aromatic heterocycles. The zero-order valence-electron chi connectivity index (χ0n) is 7.93. The molecule has 0 heteroatoms. The minimum Gasteiger partial charge on any atom is -0.103 e. The van der Waals surface area contributed by atoms with Crippen molar-refractivity contribution in [1.29, 1.82) is 0 Å². The van der Waals surface area contributed by atoms with Crippen LogP contribution in [0.5, 0.6) is 0 Å². The Morgan fingerprint density at radius 1 is 1.33 bits per heavy atom. The Balaban J connectivity index is 2.78. The van der Waals surface area contributed by atoms with Gasteiger partial charge in [0, 0.05) is 0 Å². The lowest BCUT2D eigenvalue weighted by molar-refractivity contribution is 0.987. The molecule has 64 valence electrons.